The molecule has 23 heavy (non-hydrogen) atoms. The molecule has 1 aliphatic heterocycles. The lowest BCUT2D eigenvalue weighted by molar-refractivity contribution is -0.128. The van der Waals surface area contributed by atoms with Gasteiger partial charge < -0.3 is 19.8 Å². The number of hydrogen-bond donors (Lipinski definition) is 2. The van der Waals surface area contributed by atoms with E-state index in [9.17, 15) is 4.79 Å². The molecule has 1 fully saturated rings. The van der Waals surface area contributed by atoms with Crippen LogP contribution in [0.25, 0.3) is 10.9 Å². The Hall–Kier alpha value is -1.56. The number of fused-ring (bicyclic) bond motifs is 1. The van der Waals surface area contributed by atoms with E-state index >= 15 is 0 Å². The molecule has 3 rings (SSSR count). The molecule has 1 aromatic heterocycles. The molecule has 1 amide bonds. The van der Waals surface area contributed by atoms with Crippen molar-refractivity contribution in [3.8, 4) is 0 Å². The average Bonchev–Trinajstić information content (AvgIpc) is 2.96. The zero-order valence-corrected chi connectivity index (χ0v) is 13.7. The van der Waals surface area contributed by atoms with Gasteiger partial charge in [-0.05, 0) is 43.5 Å². The molecule has 5 nitrogen and oxygen atoms in total. The highest BCUT2D eigenvalue weighted by atomic mass is 35.5. The van der Waals surface area contributed by atoms with Gasteiger partial charge in [0.1, 0.15) is 6.61 Å². The summed E-state index contributed by atoms with van der Waals surface area (Å²) in [5, 5.41) is 4.58. The molecule has 0 saturated carbocycles. The van der Waals surface area contributed by atoms with Gasteiger partial charge in [0, 0.05) is 28.2 Å². The highest BCUT2D eigenvalue weighted by Gasteiger charge is 2.14. The molecule has 2 heterocycles. The molecule has 2 aromatic rings. The van der Waals surface area contributed by atoms with Crippen LogP contribution < -0.4 is 5.32 Å². The van der Waals surface area contributed by atoms with Gasteiger partial charge in [-0.25, -0.2) is 0 Å². The molecular weight excluding hydrogens is 316 g/mol. The summed E-state index contributed by atoms with van der Waals surface area (Å²) in [6.07, 6.45) is 3.44. The predicted molar refractivity (Wildman–Crippen MR) is 89.6 cm³/mol. The minimum Gasteiger partial charge on any atom is -0.376 e. The molecule has 0 bridgehead atoms. The van der Waals surface area contributed by atoms with E-state index in [1.807, 2.05) is 24.3 Å². The van der Waals surface area contributed by atoms with Gasteiger partial charge in [-0.1, -0.05) is 11.6 Å². The van der Waals surface area contributed by atoms with Crippen LogP contribution in [0.5, 0.6) is 0 Å². The molecular formula is C17H21ClN2O3. The molecule has 0 radical (unpaired) electrons. The van der Waals surface area contributed by atoms with Gasteiger partial charge in [0.25, 0.3) is 0 Å². The SMILES string of the molecule is O=C(COC[C@@H]1CCCCO1)NCc1cc2cc(Cl)ccc2[nH]1. The first kappa shape index (κ1) is 16.3. The Morgan fingerprint density at radius 3 is 3.13 bits per heavy atom. The summed E-state index contributed by atoms with van der Waals surface area (Å²) in [4.78, 5) is 15.1. The van der Waals surface area contributed by atoms with Crippen LogP contribution >= 0.6 is 11.6 Å². The lowest BCUT2D eigenvalue weighted by Gasteiger charge is -2.22. The van der Waals surface area contributed by atoms with E-state index in [-0.39, 0.29) is 18.6 Å². The maximum absolute atomic E-state index is 11.8. The summed E-state index contributed by atoms with van der Waals surface area (Å²) in [6, 6.07) is 7.64. The van der Waals surface area contributed by atoms with E-state index < -0.39 is 0 Å². The zero-order valence-electron chi connectivity index (χ0n) is 12.9. The van der Waals surface area contributed by atoms with E-state index in [0.717, 1.165) is 36.0 Å². The number of hydrogen-bond acceptors (Lipinski definition) is 3. The predicted octanol–water partition coefficient (Wildman–Crippen LogP) is 3.02. The Bertz CT molecular complexity index is 665. The number of aromatic nitrogens is 1. The lowest BCUT2D eigenvalue weighted by atomic mass is 10.1. The Morgan fingerprint density at radius 1 is 1.39 bits per heavy atom. The van der Waals surface area contributed by atoms with Crippen LogP contribution in [0.1, 0.15) is 25.0 Å². The summed E-state index contributed by atoms with van der Waals surface area (Å²) in [5.41, 5.74) is 1.94. The second-order valence-corrected chi connectivity index (χ2v) is 6.24. The van der Waals surface area contributed by atoms with Crippen molar-refractivity contribution in [2.75, 3.05) is 19.8 Å². The molecule has 1 atom stereocenters. The fourth-order valence-corrected chi connectivity index (χ4v) is 2.91. The van der Waals surface area contributed by atoms with Gasteiger partial charge in [-0.3, -0.25) is 4.79 Å². The number of H-pyrrole nitrogens is 1. The molecule has 1 saturated heterocycles. The Kier molecular flexibility index (Phi) is 5.54. The zero-order chi connectivity index (χ0) is 16.1. The van der Waals surface area contributed by atoms with E-state index in [0.29, 0.717) is 18.2 Å². The number of halogens is 1. The van der Waals surface area contributed by atoms with Crippen LogP contribution in [0, 0.1) is 0 Å². The lowest BCUT2D eigenvalue weighted by Crippen LogP contribution is -2.30. The van der Waals surface area contributed by atoms with Crippen molar-refractivity contribution in [3.63, 3.8) is 0 Å². The molecule has 0 unspecified atom stereocenters. The third-order valence-corrected chi connectivity index (χ3v) is 4.16. The van der Waals surface area contributed by atoms with Crippen molar-refractivity contribution in [2.45, 2.75) is 31.9 Å². The van der Waals surface area contributed by atoms with E-state index in [2.05, 4.69) is 10.3 Å². The van der Waals surface area contributed by atoms with Crippen LogP contribution in [0.4, 0.5) is 0 Å². The van der Waals surface area contributed by atoms with E-state index in [1.54, 1.807) is 0 Å². The second kappa shape index (κ2) is 7.81. The van der Waals surface area contributed by atoms with Gasteiger partial charge in [0.2, 0.25) is 5.91 Å². The number of rotatable bonds is 6. The average molecular weight is 337 g/mol. The van der Waals surface area contributed by atoms with E-state index in [4.69, 9.17) is 21.1 Å². The maximum atomic E-state index is 11.8. The summed E-state index contributed by atoms with van der Waals surface area (Å²) in [5.74, 6) is -0.127. The molecule has 0 aliphatic carbocycles. The normalized spacial score (nSPS) is 18.2. The van der Waals surface area contributed by atoms with Crippen LogP contribution in [-0.4, -0.2) is 36.8 Å². The van der Waals surface area contributed by atoms with Gasteiger partial charge in [-0.2, -0.15) is 0 Å². The number of carbonyl (C=O) groups excluding carboxylic acids is 1. The van der Waals surface area contributed by atoms with Gasteiger partial charge in [0.05, 0.1) is 19.3 Å². The summed E-state index contributed by atoms with van der Waals surface area (Å²) >= 11 is 5.97. The number of ether oxygens (including phenoxy) is 2. The Labute approximate surface area is 140 Å². The Balaban J connectivity index is 1.40. The highest BCUT2D eigenvalue weighted by Crippen LogP contribution is 2.20. The first-order valence-electron chi connectivity index (χ1n) is 7.94. The highest BCUT2D eigenvalue weighted by molar-refractivity contribution is 6.31. The van der Waals surface area contributed by atoms with Crippen LogP contribution in [-0.2, 0) is 20.8 Å². The van der Waals surface area contributed by atoms with Crippen molar-refractivity contribution in [1.29, 1.82) is 0 Å². The number of nitrogens with one attached hydrogen (secondary N) is 2. The number of amides is 1. The number of benzene rings is 1. The monoisotopic (exact) mass is 336 g/mol. The summed E-state index contributed by atoms with van der Waals surface area (Å²) < 4.78 is 11.0. The number of aromatic amines is 1. The van der Waals surface area contributed by atoms with Gasteiger partial charge in [0.15, 0.2) is 0 Å². The fourth-order valence-electron chi connectivity index (χ4n) is 2.73. The standard InChI is InChI=1S/C17H21ClN2O3/c18-13-4-5-16-12(7-13)8-14(20-16)9-19-17(21)11-22-10-15-3-1-2-6-23-15/h4-5,7-8,15,20H,1-3,6,9-11H2,(H,19,21)/t15-/m0/s1. The summed E-state index contributed by atoms with van der Waals surface area (Å²) in [7, 11) is 0. The van der Waals surface area contributed by atoms with Crippen molar-refractivity contribution in [3.05, 3.63) is 35.0 Å². The third-order valence-electron chi connectivity index (χ3n) is 3.93. The van der Waals surface area contributed by atoms with Crippen molar-refractivity contribution in [2.24, 2.45) is 0 Å². The molecule has 2 N–H and O–H groups in total. The van der Waals surface area contributed by atoms with Crippen molar-refractivity contribution in [1.82, 2.24) is 10.3 Å². The molecule has 0 spiro atoms. The number of carbonyl (C=O) groups is 1. The van der Waals surface area contributed by atoms with Gasteiger partial charge >= 0.3 is 0 Å². The van der Waals surface area contributed by atoms with Crippen molar-refractivity contribution >= 4 is 28.4 Å². The first-order valence-corrected chi connectivity index (χ1v) is 8.32. The Morgan fingerprint density at radius 2 is 2.30 bits per heavy atom. The molecule has 6 heteroatoms. The van der Waals surface area contributed by atoms with Crippen LogP contribution in [0.3, 0.4) is 0 Å². The van der Waals surface area contributed by atoms with Gasteiger partial charge in [-0.15, -0.1) is 0 Å². The first-order chi connectivity index (χ1) is 11.2. The largest absolute Gasteiger partial charge is 0.376 e. The second-order valence-electron chi connectivity index (χ2n) is 5.81. The topological polar surface area (TPSA) is 63.4 Å². The summed E-state index contributed by atoms with van der Waals surface area (Å²) in [6.45, 7) is 1.78. The minimum atomic E-state index is -0.127. The third kappa shape index (κ3) is 4.70. The van der Waals surface area contributed by atoms with Crippen molar-refractivity contribution < 1.29 is 14.3 Å². The smallest absolute Gasteiger partial charge is 0.246 e. The quantitative estimate of drug-likeness (QED) is 0.852. The van der Waals surface area contributed by atoms with Crippen LogP contribution in [0.15, 0.2) is 24.3 Å². The molecule has 1 aliphatic rings. The minimum absolute atomic E-state index is 0.0614. The molecule has 1 aromatic carbocycles. The maximum Gasteiger partial charge on any atom is 0.246 e. The van der Waals surface area contributed by atoms with E-state index in [1.165, 1.54) is 6.42 Å². The van der Waals surface area contributed by atoms with Crippen LogP contribution in [0.2, 0.25) is 5.02 Å². The molecule has 124 valence electrons. The fraction of sp³-hybridized carbons (Fsp3) is 0.471.